The number of anilines is 1. The Morgan fingerprint density at radius 3 is 2.37 bits per heavy atom. The topological polar surface area (TPSA) is 66.9 Å². The summed E-state index contributed by atoms with van der Waals surface area (Å²) in [6.07, 6.45) is 5.85. The zero-order valence-corrected chi connectivity index (χ0v) is 20.2. The molecule has 186 valence electrons. The quantitative estimate of drug-likeness (QED) is 0.294. The molecule has 2 amide bonds. The van der Waals surface area contributed by atoms with Crippen LogP contribution in [0.4, 0.5) is 10.1 Å². The van der Waals surface area contributed by atoms with Gasteiger partial charge in [-0.05, 0) is 93.1 Å². The van der Waals surface area contributed by atoms with E-state index < -0.39 is 12.0 Å². The van der Waals surface area contributed by atoms with Gasteiger partial charge >= 0.3 is 5.97 Å². The lowest BCUT2D eigenvalue weighted by Crippen LogP contribution is -2.46. The van der Waals surface area contributed by atoms with Crippen LogP contribution < -0.4 is 4.90 Å². The van der Waals surface area contributed by atoms with Gasteiger partial charge in [-0.25, -0.2) is 14.1 Å². The van der Waals surface area contributed by atoms with Gasteiger partial charge in [0.15, 0.2) is 0 Å². The second kappa shape index (κ2) is 11.6. The molecule has 2 saturated heterocycles. The number of halogens is 1. The Bertz CT molecular complexity index is 1030. The number of benzene rings is 2. The minimum atomic E-state index is -0.431. The van der Waals surface area contributed by atoms with E-state index in [0.29, 0.717) is 23.8 Å². The summed E-state index contributed by atoms with van der Waals surface area (Å²) in [5, 5.41) is 0. The number of piperidine rings is 1. The number of carbonyl (C=O) groups excluding carboxylic acids is 3. The molecular formula is C28H33FN2O4. The summed E-state index contributed by atoms with van der Waals surface area (Å²) in [7, 11) is 0. The Morgan fingerprint density at radius 2 is 1.71 bits per heavy atom. The predicted octanol–water partition coefficient (Wildman–Crippen LogP) is 4.76. The Hall–Kier alpha value is -3.06. The number of esters is 1. The normalized spacial score (nSPS) is 19.4. The van der Waals surface area contributed by atoms with Gasteiger partial charge in [-0.3, -0.25) is 14.5 Å². The smallest absolute Gasteiger partial charge is 0.338 e. The molecule has 2 fully saturated rings. The molecule has 2 aromatic carbocycles. The van der Waals surface area contributed by atoms with Crippen LogP contribution in [0.3, 0.4) is 0 Å². The monoisotopic (exact) mass is 480 g/mol. The predicted molar refractivity (Wildman–Crippen MR) is 132 cm³/mol. The molecule has 35 heavy (non-hydrogen) atoms. The van der Waals surface area contributed by atoms with Crippen LogP contribution in [0.15, 0.2) is 48.5 Å². The first-order valence-electron chi connectivity index (χ1n) is 12.6. The van der Waals surface area contributed by atoms with Crippen molar-refractivity contribution in [2.75, 3.05) is 24.6 Å². The van der Waals surface area contributed by atoms with Gasteiger partial charge in [0, 0.05) is 0 Å². The van der Waals surface area contributed by atoms with E-state index in [1.54, 1.807) is 24.3 Å². The molecule has 0 unspecified atom stereocenters. The molecule has 2 aliphatic heterocycles. The highest BCUT2D eigenvalue weighted by atomic mass is 19.1. The average molecular weight is 481 g/mol. The van der Waals surface area contributed by atoms with Crippen LogP contribution in [0.2, 0.25) is 0 Å². The number of hydrogen-bond donors (Lipinski definition) is 0. The molecular weight excluding hydrogens is 447 g/mol. The lowest BCUT2D eigenvalue weighted by atomic mass is 9.90. The van der Waals surface area contributed by atoms with E-state index in [2.05, 4.69) is 4.90 Å². The second-order valence-corrected chi connectivity index (χ2v) is 9.47. The van der Waals surface area contributed by atoms with E-state index >= 15 is 0 Å². The first-order valence-corrected chi connectivity index (χ1v) is 12.6. The Kier molecular flexibility index (Phi) is 8.29. The number of imide groups is 1. The summed E-state index contributed by atoms with van der Waals surface area (Å²) < 4.78 is 18.3. The van der Waals surface area contributed by atoms with Crippen molar-refractivity contribution in [1.29, 1.82) is 0 Å². The van der Waals surface area contributed by atoms with Crippen molar-refractivity contribution in [3.63, 3.8) is 0 Å². The maximum atomic E-state index is 13.2. The molecule has 2 aromatic rings. The van der Waals surface area contributed by atoms with Crippen molar-refractivity contribution in [3.05, 3.63) is 65.5 Å². The Balaban J connectivity index is 1.29. The van der Waals surface area contributed by atoms with Crippen molar-refractivity contribution in [3.8, 4) is 0 Å². The van der Waals surface area contributed by atoms with Crippen LogP contribution in [0.5, 0.6) is 0 Å². The second-order valence-electron chi connectivity index (χ2n) is 9.47. The summed E-state index contributed by atoms with van der Waals surface area (Å²) in [5.74, 6) is -0.462. The summed E-state index contributed by atoms with van der Waals surface area (Å²) in [4.78, 5) is 41.4. The molecule has 0 aliphatic carbocycles. The van der Waals surface area contributed by atoms with Crippen LogP contribution in [-0.4, -0.2) is 48.4 Å². The largest absolute Gasteiger partial charge is 0.462 e. The van der Waals surface area contributed by atoms with Gasteiger partial charge in [0.05, 0.1) is 30.3 Å². The van der Waals surface area contributed by atoms with Gasteiger partial charge in [-0.2, -0.15) is 0 Å². The zero-order valence-electron chi connectivity index (χ0n) is 20.2. The van der Waals surface area contributed by atoms with Crippen molar-refractivity contribution < 1.29 is 23.5 Å². The highest BCUT2D eigenvalue weighted by Gasteiger charge is 2.43. The molecule has 7 heteroatoms. The highest BCUT2D eigenvalue weighted by molar-refractivity contribution is 6.22. The van der Waals surface area contributed by atoms with E-state index in [4.69, 9.17) is 4.74 Å². The van der Waals surface area contributed by atoms with Crippen LogP contribution in [0, 0.1) is 11.7 Å². The molecule has 0 radical (unpaired) electrons. The van der Waals surface area contributed by atoms with Gasteiger partial charge in [0.25, 0.3) is 5.91 Å². The van der Waals surface area contributed by atoms with Gasteiger partial charge < -0.3 is 4.74 Å². The molecule has 0 aromatic heterocycles. The van der Waals surface area contributed by atoms with E-state index in [0.717, 1.165) is 57.2 Å². The highest BCUT2D eigenvalue weighted by Crippen LogP contribution is 2.30. The number of likely N-dealkylation sites (tertiary alicyclic amines) is 1. The molecule has 0 N–H and O–H groups in total. The van der Waals surface area contributed by atoms with Gasteiger partial charge in [0.1, 0.15) is 5.82 Å². The molecule has 6 nitrogen and oxygen atoms in total. The SMILES string of the molecule is CCCCOC(=O)c1ccc(N2C(=O)C[C@@H](N3CCC(CCc4ccc(F)cc4)CC3)C2=O)cc1. The van der Waals surface area contributed by atoms with Crippen molar-refractivity contribution >= 4 is 23.5 Å². The first-order chi connectivity index (χ1) is 17.0. The fourth-order valence-corrected chi connectivity index (χ4v) is 4.89. The lowest BCUT2D eigenvalue weighted by molar-refractivity contribution is -0.123. The van der Waals surface area contributed by atoms with Crippen molar-refractivity contribution in [2.45, 2.75) is 57.9 Å². The molecule has 2 aliphatic rings. The standard InChI is InChI=1S/C28H33FN2O4/c1-2-3-18-35-28(34)22-8-12-24(13-9-22)31-26(32)19-25(27(31)33)30-16-14-21(15-17-30)5-4-20-6-10-23(29)11-7-20/h6-13,21,25H,2-5,14-19H2,1H3/t25-/m1/s1. The van der Waals surface area contributed by atoms with Gasteiger partial charge in [-0.15, -0.1) is 0 Å². The summed E-state index contributed by atoms with van der Waals surface area (Å²) in [6, 6.07) is 12.7. The fraction of sp³-hybridized carbons (Fsp3) is 0.464. The minimum absolute atomic E-state index is 0.180. The Morgan fingerprint density at radius 1 is 1.03 bits per heavy atom. The number of hydrogen-bond acceptors (Lipinski definition) is 5. The number of rotatable bonds is 9. The average Bonchev–Trinajstić information content (AvgIpc) is 3.17. The number of nitrogens with zero attached hydrogens (tertiary/aromatic N) is 2. The van der Waals surface area contributed by atoms with E-state index in [1.807, 2.05) is 19.1 Å². The van der Waals surface area contributed by atoms with Crippen molar-refractivity contribution in [2.24, 2.45) is 5.92 Å². The van der Waals surface area contributed by atoms with Crippen LogP contribution in [-0.2, 0) is 20.7 Å². The first kappa shape index (κ1) is 25.0. The molecule has 0 saturated carbocycles. The summed E-state index contributed by atoms with van der Waals surface area (Å²) in [5.41, 5.74) is 2.03. The van der Waals surface area contributed by atoms with Gasteiger partial charge in [-0.1, -0.05) is 25.5 Å². The number of carbonyl (C=O) groups is 3. The Labute approximate surface area is 206 Å². The maximum Gasteiger partial charge on any atom is 0.338 e. The zero-order chi connectivity index (χ0) is 24.8. The minimum Gasteiger partial charge on any atom is -0.462 e. The number of amides is 2. The number of unbranched alkanes of at least 4 members (excludes halogenated alkanes) is 1. The number of aryl methyl sites for hydroxylation is 1. The van der Waals surface area contributed by atoms with Crippen LogP contribution >= 0.6 is 0 Å². The number of ether oxygens (including phenoxy) is 1. The van der Waals surface area contributed by atoms with Gasteiger partial charge in [0.2, 0.25) is 5.91 Å². The van der Waals surface area contributed by atoms with E-state index in [9.17, 15) is 18.8 Å². The molecule has 0 bridgehead atoms. The summed E-state index contributed by atoms with van der Waals surface area (Å²) >= 11 is 0. The lowest BCUT2D eigenvalue weighted by Gasteiger charge is -2.34. The maximum absolute atomic E-state index is 13.2. The fourth-order valence-electron chi connectivity index (χ4n) is 4.89. The summed E-state index contributed by atoms with van der Waals surface area (Å²) in [6.45, 7) is 3.98. The molecule has 0 spiro atoms. The third-order valence-corrected chi connectivity index (χ3v) is 7.06. The van der Waals surface area contributed by atoms with Crippen LogP contribution in [0.1, 0.15) is 61.4 Å². The third kappa shape index (κ3) is 6.14. The molecule has 4 rings (SSSR count). The third-order valence-electron chi connectivity index (χ3n) is 7.06. The molecule has 1 atom stereocenters. The van der Waals surface area contributed by atoms with E-state index in [1.165, 1.54) is 17.0 Å². The van der Waals surface area contributed by atoms with Crippen LogP contribution in [0.25, 0.3) is 0 Å². The molecule has 2 heterocycles. The van der Waals surface area contributed by atoms with Crippen molar-refractivity contribution in [1.82, 2.24) is 4.90 Å². The van der Waals surface area contributed by atoms with E-state index in [-0.39, 0.29) is 24.1 Å².